The summed E-state index contributed by atoms with van der Waals surface area (Å²) in [5, 5.41) is 5.43. The van der Waals surface area contributed by atoms with Crippen LogP contribution in [-0.4, -0.2) is 12.5 Å². The molecule has 1 aliphatic heterocycles. The highest BCUT2D eigenvalue weighted by molar-refractivity contribution is 5.89. The molecule has 0 aromatic heterocycles. The maximum Gasteiger partial charge on any atom is 0.220 e. The molecule has 2 nitrogen and oxygen atoms in total. The Morgan fingerprint density at radius 3 is 2.65 bits per heavy atom. The molecule has 2 aromatic carbocycles. The van der Waals surface area contributed by atoms with Crippen LogP contribution < -0.4 is 5.32 Å². The van der Waals surface area contributed by atoms with Gasteiger partial charge in [0.1, 0.15) is 0 Å². The molecular formula is C15H15NO. The first-order valence-electron chi connectivity index (χ1n) is 5.94. The molecule has 17 heavy (non-hydrogen) atoms. The summed E-state index contributed by atoms with van der Waals surface area (Å²) in [4.78, 5) is 11.5. The maximum absolute atomic E-state index is 11.5. The topological polar surface area (TPSA) is 29.1 Å². The zero-order chi connectivity index (χ0) is 11.9. The molecule has 1 atom stereocenters. The van der Waals surface area contributed by atoms with Gasteiger partial charge in [0, 0.05) is 18.4 Å². The molecule has 1 saturated heterocycles. The van der Waals surface area contributed by atoms with Crippen molar-refractivity contribution < 1.29 is 4.79 Å². The van der Waals surface area contributed by atoms with E-state index in [4.69, 9.17) is 0 Å². The van der Waals surface area contributed by atoms with Gasteiger partial charge in [-0.2, -0.15) is 0 Å². The van der Waals surface area contributed by atoms with Crippen molar-refractivity contribution in [2.45, 2.75) is 18.8 Å². The van der Waals surface area contributed by atoms with Crippen molar-refractivity contribution in [1.29, 1.82) is 0 Å². The minimum atomic E-state index is -0.0715. The molecule has 0 spiro atoms. The van der Waals surface area contributed by atoms with Crippen molar-refractivity contribution >= 4 is 16.7 Å². The van der Waals surface area contributed by atoms with Crippen LogP contribution in [0.3, 0.4) is 0 Å². The Bertz CT molecular complexity index is 585. The summed E-state index contributed by atoms with van der Waals surface area (Å²) in [5.41, 5.74) is 1.20. The first kappa shape index (κ1) is 10.3. The van der Waals surface area contributed by atoms with Gasteiger partial charge in [-0.3, -0.25) is 4.79 Å². The van der Waals surface area contributed by atoms with Gasteiger partial charge in [-0.05, 0) is 16.3 Å². The van der Waals surface area contributed by atoms with Gasteiger partial charge in [0.25, 0.3) is 0 Å². The molecule has 0 bridgehead atoms. The highest BCUT2D eigenvalue weighted by Gasteiger charge is 2.36. The van der Waals surface area contributed by atoms with E-state index in [-0.39, 0.29) is 11.3 Å². The van der Waals surface area contributed by atoms with E-state index >= 15 is 0 Å². The largest absolute Gasteiger partial charge is 0.355 e. The maximum atomic E-state index is 11.5. The second-order valence-electron chi connectivity index (χ2n) is 5.04. The molecule has 0 saturated carbocycles. The quantitative estimate of drug-likeness (QED) is 0.794. The number of carbonyl (C=O) groups is 1. The van der Waals surface area contributed by atoms with E-state index in [2.05, 4.69) is 48.6 Å². The Hall–Kier alpha value is -1.83. The number of hydrogen-bond acceptors (Lipinski definition) is 1. The molecule has 2 heteroatoms. The summed E-state index contributed by atoms with van der Waals surface area (Å²) in [6, 6.07) is 14.7. The van der Waals surface area contributed by atoms with E-state index in [1.54, 1.807) is 0 Å². The summed E-state index contributed by atoms with van der Waals surface area (Å²) in [6.07, 6.45) is 0.584. The molecule has 1 aliphatic rings. The SMILES string of the molecule is CC1(c2cccc3ccccc23)CNC(=O)C1. The number of nitrogens with one attached hydrogen (secondary N) is 1. The third kappa shape index (κ3) is 1.60. The van der Waals surface area contributed by atoms with Gasteiger partial charge in [-0.1, -0.05) is 49.4 Å². The molecule has 2 aromatic rings. The zero-order valence-electron chi connectivity index (χ0n) is 9.86. The number of hydrogen-bond donors (Lipinski definition) is 1. The van der Waals surface area contributed by atoms with E-state index in [0.29, 0.717) is 6.42 Å². The van der Waals surface area contributed by atoms with Gasteiger partial charge >= 0.3 is 0 Å². The first-order chi connectivity index (χ1) is 8.19. The summed E-state index contributed by atoms with van der Waals surface area (Å²) in [7, 11) is 0. The molecule has 1 fully saturated rings. The van der Waals surface area contributed by atoms with Crippen LogP contribution in [0.1, 0.15) is 18.9 Å². The summed E-state index contributed by atoms with van der Waals surface area (Å²) in [5.74, 6) is 0.153. The molecule has 1 N–H and O–H groups in total. The summed E-state index contributed by atoms with van der Waals surface area (Å²) in [6.45, 7) is 2.90. The second-order valence-corrected chi connectivity index (χ2v) is 5.04. The van der Waals surface area contributed by atoms with Crippen LogP contribution in [0.15, 0.2) is 42.5 Å². The smallest absolute Gasteiger partial charge is 0.220 e. The fourth-order valence-corrected chi connectivity index (χ4v) is 2.72. The Morgan fingerprint density at radius 2 is 1.88 bits per heavy atom. The van der Waals surface area contributed by atoms with E-state index in [1.807, 2.05) is 6.07 Å². The van der Waals surface area contributed by atoms with E-state index < -0.39 is 0 Å². The predicted molar refractivity (Wildman–Crippen MR) is 68.9 cm³/mol. The third-order valence-electron chi connectivity index (χ3n) is 3.67. The minimum Gasteiger partial charge on any atom is -0.355 e. The van der Waals surface area contributed by atoms with Crippen LogP contribution in [-0.2, 0) is 10.2 Å². The van der Waals surface area contributed by atoms with Crippen molar-refractivity contribution in [2.75, 3.05) is 6.54 Å². The first-order valence-corrected chi connectivity index (χ1v) is 5.94. The third-order valence-corrected chi connectivity index (χ3v) is 3.67. The van der Waals surface area contributed by atoms with Gasteiger partial charge in [0.2, 0.25) is 5.91 Å². The monoisotopic (exact) mass is 225 g/mol. The van der Waals surface area contributed by atoms with E-state index in [9.17, 15) is 4.79 Å². The molecule has 3 rings (SSSR count). The highest BCUT2D eigenvalue weighted by atomic mass is 16.1. The summed E-state index contributed by atoms with van der Waals surface area (Å²) >= 11 is 0. The van der Waals surface area contributed by atoms with Crippen LogP contribution in [0.25, 0.3) is 10.8 Å². The number of carbonyl (C=O) groups excluding carboxylic acids is 1. The van der Waals surface area contributed by atoms with Gasteiger partial charge < -0.3 is 5.32 Å². The molecule has 0 radical (unpaired) electrons. The van der Waals surface area contributed by atoms with Crippen LogP contribution >= 0.6 is 0 Å². The number of rotatable bonds is 1. The standard InChI is InChI=1S/C15H15NO/c1-15(9-14(17)16-10-15)13-8-4-6-11-5-2-3-7-12(11)13/h2-8H,9-10H2,1H3,(H,16,17). The van der Waals surface area contributed by atoms with Crippen molar-refractivity contribution in [3.05, 3.63) is 48.0 Å². The van der Waals surface area contributed by atoms with Gasteiger partial charge in [-0.15, -0.1) is 0 Å². The van der Waals surface area contributed by atoms with Gasteiger partial charge in [0.05, 0.1) is 0 Å². The normalized spacial score (nSPS) is 23.9. The van der Waals surface area contributed by atoms with Crippen LogP contribution in [0, 0.1) is 0 Å². The molecule has 0 aliphatic carbocycles. The Morgan fingerprint density at radius 1 is 1.12 bits per heavy atom. The van der Waals surface area contributed by atoms with E-state index in [1.165, 1.54) is 16.3 Å². The average molecular weight is 225 g/mol. The highest BCUT2D eigenvalue weighted by Crippen LogP contribution is 2.35. The van der Waals surface area contributed by atoms with Crippen molar-refractivity contribution in [3.63, 3.8) is 0 Å². The summed E-state index contributed by atoms with van der Waals surface area (Å²) < 4.78 is 0. The van der Waals surface area contributed by atoms with Gasteiger partial charge in [-0.25, -0.2) is 0 Å². The van der Waals surface area contributed by atoms with Crippen molar-refractivity contribution in [1.82, 2.24) is 5.32 Å². The average Bonchev–Trinajstić information content (AvgIpc) is 2.70. The predicted octanol–water partition coefficient (Wildman–Crippen LogP) is 2.62. The molecule has 1 heterocycles. The van der Waals surface area contributed by atoms with Crippen molar-refractivity contribution in [2.24, 2.45) is 0 Å². The molecule has 86 valence electrons. The number of benzene rings is 2. The molecule has 1 amide bonds. The Balaban J connectivity index is 2.21. The molecular weight excluding hydrogens is 210 g/mol. The van der Waals surface area contributed by atoms with Crippen LogP contribution in [0.2, 0.25) is 0 Å². The van der Waals surface area contributed by atoms with Crippen LogP contribution in [0.4, 0.5) is 0 Å². The van der Waals surface area contributed by atoms with Crippen molar-refractivity contribution in [3.8, 4) is 0 Å². The number of amides is 1. The van der Waals surface area contributed by atoms with E-state index in [0.717, 1.165) is 6.54 Å². The lowest BCUT2D eigenvalue weighted by molar-refractivity contribution is -0.119. The fraction of sp³-hybridized carbons (Fsp3) is 0.267. The second kappa shape index (κ2) is 3.59. The zero-order valence-corrected chi connectivity index (χ0v) is 9.86. The Labute approximate surface area is 101 Å². The lowest BCUT2D eigenvalue weighted by Gasteiger charge is -2.23. The lowest BCUT2D eigenvalue weighted by atomic mass is 9.79. The van der Waals surface area contributed by atoms with Crippen LogP contribution in [0.5, 0.6) is 0 Å². The number of fused-ring (bicyclic) bond motifs is 1. The molecule has 1 unspecified atom stereocenters. The minimum absolute atomic E-state index is 0.0715. The van der Waals surface area contributed by atoms with Gasteiger partial charge in [0.15, 0.2) is 0 Å². The lowest BCUT2D eigenvalue weighted by Crippen LogP contribution is -2.25. The Kier molecular flexibility index (Phi) is 2.18. The fourth-order valence-electron chi connectivity index (χ4n) is 2.72.